The van der Waals surface area contributed by atoms with Crippen molar-refractivity contribution in [3.8, 4) is 0 Å². The van der Waals surface area contributed by atoms with Crippen LogP contribution in [0.25, 0.3) is 0 Å². The predicted octanol–water partition coefficient (Wildman–Crippen LogP) is 1.39. The fourth-order valence-corrected chi connectivity index (χ4v) is 1.76. The normalized spacial score (nSPS) is 13.0. The number of likely N-dealkylation sites (N-methyl/N-ethyl adjacent to an activating group) is 1. The summed E-state index contributed by atoms with van der Waals surface area (Å²) < 4.78 is 0. The molecule has 0 saturated heterocycles. The number of nitrogens with zero attached hydrogens (tertiary/aromatic N) is 1. The number of hydrogen-bond donors (Lipinski definition) is 2. The van der Waals surface area contributed by atoms with Crippen LogP contribution in [0.5, 0.6) is 0 Å². The van der Waals surface area contributed by atoms with E-state index < -0.39 is 0 Å². The second-order valence-electron chi connectivity index (χ2n) is 3.96. The van der Waals surface area contributed by atoms with Crippen molar-refractivity contribution >= 4 is 0 Å². The first kappa shape index (κ1) is 13.2. The summed E-state index contributed by atoms with van der Waals surface area (Å²) in [5.74, 6) is 0. The SMILES string of the molecule is CCN(CCO)CCC(N)c1ccccc1. The van der Waals surface area contributed by atoms with Crippen molar-refractivity contribution in [3.05, 3.63) is 35.9 Å². The maximum atomic E-state index is 8.88. The number of nitrogens with two attached hydrogens (primary N) is 1. The molecule has 1 rings (SSSR count). The van der Waals surface area contributed by atoms with Crippen LogP contribution in [0.3, 0.4) is 0 Å². The fourth-order valence-electron chi connectivity index (χ4n) is 1.76. The first-order valence-electron chi connectivity index (χ1n) is 5.91. The van der Waals surface area contributed by atoms with Gasteiger partial charge >= 0.3 is 0 Å². The highest BCUT2D eigenvalue weighted by Gasteiger charge is 2.07. The smallest absolute Gasteiger partial charge is 0.0558 e. The molecule has 1 aromatic carbocycles. The van der Waals surface area contributed by atoms with E-state index in [4.69, 9.17) is 10.8 Å². The van der Waals surface area contributed by atoms with Gasteiger partial charge < -0.3 is 15.7 Å². The molecule has 16 heavy (non-hydrogen) atoms. The molecule has 3 heteroatoms. The van der Waals surface area contributed by atoms with Crippen molar-refractivity contribution in [3.63, 3.8) is 0 Å². The Morgan fingerprint density at radius 2 is 1.94 bits per heavy atom. The summed E-state index contributed by atoms with van der Waals surface area (Å²) in [6.45, 7) is 4.95. The third kappa shape index (κ3) is 4.31. The zero-order chi connectivity index (χ0) is 11.8. The van der Waals surface area contributed by atoms with Gasteiger partial charge in [-0.25, -0.2) is 0 Å². The minimum absolute atomic E-state index is 0.0916. The molecule has 0 amide bonds. The van der Waals surface area contributed by atoms with Gasteiger partial charge in [0.25, 0.3) is 0 Å². The van der Waals surface area contributed by atoms with Crippen LogP contribution in [-0.2, 0) is 0 Å². The van der Waals surface area contributed by atoms with E-state index >= 15 is 0 Å². The number of benzene rings is 1. The fraction of sp³-hybridized carbons (Fsp3) is 0.538. The van der Waals surface area contributed by atoms with E-state index in [1.54, 1.807) is 0 Å². The molecule has 3 N–H and O–H groups in total. The van der Waals surface area contributed by atoms with E-state index in [1.807, 2.05) is 18.2 Å². The van der Waals surface area contributed by atoms with Gasteiger partial charge in [-0.15, -0.1) is 0 Å². The summed E-state index contributed by atoms with van der Waals surface area (Å²) >= 11 is 0. The van der Waals surface area contributed by atoms with Crippen molar-refractivity contribution in [1.29, 1.82) is 0 Å². The lowest BCUT2D eigenvalue weighted by Gasteiger charge is -2.21. The van der Waals surface area contributed by atoms with Crippen molar-refractivity contribution in [2.45, 2.75) is 19.4 Å². The average Bonchev–Trinajstić information content (AvgIpc) is 2.35. The van der Waals surface area contributed by atoms with Crippen molar-refractivity contribution in [1.82, 2.24) is 4.90 Å². The minimum Gasteiger partial charge on any atom is -0.395 e. The summed E-state index contributed by atoms with van der Waals surface area (Å²) in [7, 11) is 0. The van der Waals surface area contributed by atoms with E-state index in [-0.39, 0.29) is 12.6 Å². The van der Waals surface area contributed by atoms with Gasteiger partial charge in [0.15, 0.2) is 0 Å². The van der Waals surface area contributed by atoms with Crippen LogP contribution in [0, 0.1) is 0 Å². The Kier molecular flexibility index (Phi) is 6.08. The molecule has 0 aromatic heterocycles. The molecule has 1 aromatic rings. The lowest BCUT2D eigenvalue weighted by atomic mass is 10.0. The molecule has 0 saturated carbocycles. The molecule has 0 aliphatic heterocycles. The van der Waals surface area contributed by atoms with Gasteiger partial charge in [-0.2, -0.15) is 0 Å². The topological polar surface area (TPSA) is 49.5 Å². The minimum atomic E-state index is 0.0916. The Balaban J connectivity index is 2.37. The zero-order valence-electron chi connectivity index (χ0n) is 9.97. The van der Waals surface area contributed by atoms with Crippen molar-refractivity contribution < 1.29 is 5.11 Å². The van der Waals surface area contributed by atoms with Crippen LogP contribution < -0.4 is 5.73 Å². The Labute approximate surface area is 97.9 Å². The quantitative estimate of drug-likeness (QED) is 0.733. The number of rotatable bonds is 7. The molecule has 0 radical (unpaired) electrons. The average molecular weight is 222 g/mol. The molecule has 0 aliphatic carbocycles. The van der Waals surface area contributed by atoms with Gasteiger partial charge in [0.2, 0.25) is 0 Å². The molecule has 0 aliphatic rings. The Morgan fingerprint density at radius 3 is 2.50 bits per heavy atom. The number of hydrogen-bond acceptors (Lipinski definition) is 3. The highest BCUT2D eigenvalue weighted by molar-refractivity contribution is 5.18. The first-order chi connectivity index (χ1) is 7.77. The second kappa shape index (κ2) is 7.39. The van der Waals surface area contributed by atoms with E-state index in [2.05, 4.69) is 24.0 Å². The van der Waals surface area contributed by atoms with Gasteiger partial charge in [-0.05, 0) is 18.5 Å². The van der Waals surface area contributed by atoms with E-state index in [9.17, 15) is 0 Å². The second-order valence-corrected chi connectivity index (χ2v) is 3.96. The first-order valence-corrected chi connectivity index (χ1v) is 5.91. The van der Waals surface area contributed by atoms with Crippen molar-refractivity contribution in [2.75, 3.05) is 26.2 Å². The summed E-state index contributed by atoms with van der Waals surface area (Å²) in [4.78, 5) is 2.21. The molecule has 3 nitrogen and oxygen atoms in total. The van der Waals surface area contributed by atoms with E-state index in [0.717, 1.165) is 26.1 Å². The summed E-state index contributed by atoms with van der Waals surface area (Å²) in [5, 5.41) is 8.88. The molecule has 0 spiro atoms. The summed E-state index contributed by atoms with van der Waals surface area (Å²) in [6.07, 6.45) is 0.928. The van der Waals surface area contributed by atoms with Crippen LogP contribution in [0.1, 0.15) is 24.9 Å². The van der Waals surface area contributed by atoms with Crippen LogP contribution in [-0.4, -0.2) is 36.2 Å². The monoisotopic (exact) mass is 222 g/mol. The zero-order valence-corrected chi connectivity index (χ0v) is 9.97. The molecule has 1 unspecified atom stereocenters. The van der Waals surface area contributed by atoms with Gasteiger partial charge in [-0.1, -0.05) is 37.3 Å². The molecule has 90 valence electrons. The Bertz CT molecular complexity index is 277. The van der Waals surface area contributed by atoms with E-state index in [1.165, 1.54) is 5.56 Å². The van der Waals surface area contributed by atoms with Crippen LogP contribution in [0.15, 0.2) is 30.3 Å². The summed E-state index contributed by atoms with van der Waals surface area (Å²) in [5.41, 5.74) is 7.29. The molecule has 0 fully saturated rings. The molecule has 0 heterocycles. The van der Waals surface area contributed by atoms with Crippen LogP contribution >= 0.6 is 0 Å². The van der Waals surface area contributed by atoms with E-state index in [0.29, 0.717) is 0 Å². The molecular weight excluding hydrogens is 200 g/mol. The lowest BCUT2D eigenvalue weighted by Crippen LogP contribution is -2.29. The predicted molar refractivity (Wildman–Crippen MR) is 67.2 cm³/mol. The Hall–Kier alpha value is -0.900. The number of aliphatic hydroxyl groups excluding tert-OH is 1. The lowest BCUT2D eigenvalue weighted by molar-refractivity contribution is 0.198. The van der Waals surface area contributed by atoms with Gasteiger partial charge in [-0.3, -0.25) is 0 Å². The van der Waals surface area contributed by atoms with Gasteiger partial charge in [0, 0.05) is 19.1 Å². The molecular formula is C13H22N2O. The van der Waals surface area contributed by atoms with Crippen molar-refractivity contribution in [2.24, 2.45) is 5.73 Å². The standard InChI is InChI=1S/C13H22N2O/c1-2-15(10-11-16)9-8-13(14)12-6-4-3-5-7-12/h3-7,13,16H,2,8-11,14H2,1H3. The van der Waals surface area contributed by atoms with Gasteiger partial charge in [0.05, 0.1) is 6.61 Å². The summed E-state index contributed by atoms with van der Waals surface area (Å²) in [6, 6.07) is 10.2. The maximum absolute atomic E-state index is 8.88. The number of aliphatic hydroxyl groups is 1. The maximum Gasteiger partial charge on any atom is 0.0558 e. The highest BCUT2D eigenvalue weighted by atomic mass is 16.3. The third-order valence-corrected chi connectivity index (χ3v) is 2.85. The molecule has 1 atom stereocenters. The third-order valence-electron chi connectivity index (χ3n) is 2.85. The Morgan fingerprint density at radius 1 is 1.25 bits per heavy atom. The van der Waals surface area contributed by atoms with Crippen LogP contribution in [0.4, 0.5) is 0 Å². The van der Waals surface area contributed by atoms with Crippen LogP contribution in [0.2, 0.25) is 0 Å². The molecule has 0 bridgehead atoms. The highest BCUT2D eigenvalue weighted by Crippen LogP contribution is 2.13. The van der Waals surface area contributed by atoms with Gasteiger partial charge in [0.1, 0.15) is 0 Å². The largest absolute Gasteiger partial charge is 0.395 e.